The zero-order valence-electron chi connectivity index (χ0n) is 22.6. The van der Waals surface area contributed by atoms with Gasteiger partial charge < -0.3 is 30.1 Å². The first-order chi connectivity index (χ1) is 19.5. The fourth-order valence-corrected chi connectivity index (χ4v) is 7.22. The van der Waals surface area contributed by atoms with Gasteiger partial charge in [-0.1, -0.05) is 29.5 Å². The molecule has 1 aromatic heterocycles. The summed E-state index contributed by atoms with van der Waals surface area (Å²) in [7, 11) is 1.99. The van der Waals surface area contributed by atoms with Crippen molar-refractivity contribution < 1.29 is 38.3 Å². The Labute approximate surface area is 239 Å². The summed E-state index contributed by atoms with van der Waals surface area (Å²) in [6, 6.07) is 8.04. The molecule has 4 N–H and O–H groups in total. The summed E-state index contributed by atoms with van der Waals surface area (Å²) in [5.41, 5.74) is -0.398. The van der Waals surface area contributed by atoms with E-state index in [0.717, 1.165) is 27.9 Å². The third kappa shape index (κ3) is 5.89. The van der Waals surface area contributed by atoms with Crippen molar-refractivity contribution in [3.63, 3.8) is 0 Å². The van der Waals surface area contributed by atoms with Crippen molar-refractivity contribution in [2.24, 2.45) is 0 Å². The lowest BCUT2D eigenvalue weighted by Crippen LogP contribution is -2.56. The summed E-state index contributed by atoms with van der Waals surface area (Å²) in [6.07, 6.45) is -1.68. The highest BCUT2D eigenvalue weighted by atomic mass is 32.2. The molecule has 2 fully saturated rings. The molecule has 0 aliphatic carbocycles. The highest BCUT2D eigenvalue weighted by molar-refractivity contribution is 8.00. The summed E-state index contributed by atoms with van der Waals surface area (Å²) >= 11 is 1.21. The maximum Gasteiger partial charge on any atom is 0.194 e. The number of ether oxygens (including phenoxy) is 1. The largest absolute Gasteiger partial charge is 0.394 e. The van der Waals surface area contributed by atoms with Gasteiger partial charge in [-0.05, 0) is 50.1 Å². The Morgan fingerprint density at radius 1 is 1.10 bits per heavy atom. The molecule has 2 saturated heterocycles. The van der Waals surface area contributed by atoms with Crippen LogP contribution in [0.15, 0.2) is 42.6 Å². The predicted octanol–water partition coefficient (Wildman–Crippen LogP) is 2.58. The number of hydrogen-bond acceptors (Lipinski definition) is 9. The minimum atomic E-state index is -1.61. The zero-order valence-corrected chi connectivity index (χ0v) is 23.4. The first kappa shape index (κ1) is 30.0. The predicted molar refractivity (Wildman–Crippen MR) is 145 cm³/mol. The van der Waals surface area contributed by atoms with E-state index in [4.69, 9.17) is 4.74 Å². The van der Waals surface area contributed by atoms with E-state index in [-0.39, 0.29) is 11.3 Å². The molecule has 41 heavy (non-hydrogen) atoms. The molecule has 0 amide bonds. The van der Waals surface area contributed by atoms with Gasteiger partial charge in [0, 0.05) is 18.7 Å². The normalized spacial score (nSPS) is 27.6. The number of hydrogen-bond donors (Lipinski definition) is 4. The van der Waals surface area contributed by atoms with E-state index < -0.39 is 64.7 Å². The molecule has 3 heterocycles. The maximum atomic E-state index is 13.8. The van der Waals surface area contributed by atoms with Crippen molar-refractivity contribution in [1.29, 1.82) is 0 Å². The summed E-state index contributed by atoms with van der Waals surface area (Å²) in [6.45, 7) is 2.74. The average Bonchev–Trinajstić information content (AvgIpc) is 3.43. The average molecular weight is 595 g/mol. The number of likely N-dealkylation sites (tertiary alicyclic amines) is 1. The second-order valence-electron chi connectivity index (χ2n) is 10.8. The van der Waals surface area contributed by atoms with Crippen LogP contribution < -0.4 is 0 Å². The Kier molecular flexibility index (Phi) is 8.76. The third-order valence-corrected chi connectivity index (χ3v) is 9.65. The van der Waals surface area contributed by atoms with E-state index in [1.807, 2.05) is 38.2 Å². The smallest absolute Gasteiger partial charge is 0.194 e. The molecule has 9 nitrogen and oxygen atoms in total. The SMILES string of the molecule is Cc1ccccc1[C@@H](S[C@@H]1O[C@H](CO)[C@H](O)[C@H](n2cc(-c3cc(F)c(F)c(F)c3)nn2)[C@H]1O)C1(O)CCN(C)CC1. The van der Waals surface area contributed by atoms with Crippen molar-refractivity contribution in [2.75, 3.05) is 26.7 Å². The lowest BCUT2D eigenvalue weighted by molar-refractivity contribution is -0.179. The van der Waals surface area contributed by atoms with E-state index >= 15 is 0 Å². The molecule has 13 heteroatoms. The monoisotopic (exact) mass is 594 g/mol. The van der Waals surface area contributed by atoms with Gasteiger partial charge >= 0.3 is 0 Å². The molecule has 6 atom stereocenters. The molecule has 3 aromatic rings. The molecule has 0 bridgehead atoms. The van der Waals surface area contributed by atoms with Gasteiger partial charge in [0.15, 0.2) is 17.5 Å². The van der Waals surface area contributed by atoms with Crippen LogP contribution in [0.3, 0.4) is 0 Å². The van der Waals surface area contributed by atoms with Gasteiger partial charge in [0.25, 0.3) is 0 Å². The fraction of sp³-hybridized carbons (Fsp3) is 0.500. The minimum Gasteiger partial charge on any atom is -0.394 e. The molecule has 0 radical (unpaired) electrons. The number of piperidine rings is 1. The van der Waals surface area contributed by atoms with Gasteiger partial charge in [0.05, 0.1) is 23.7 Å². The quantitative estimate of drug-likeness (QED) is 0.306. The lowest BCUT2D eigenvalue weighted by atomic mass is 9.83. The van der Waals surface area contributed by atoms with Gasteiger partial charge in [0.1, 0.15) is 35.5 Å². The Morgan fingerprint density at radius 2 is 1.76 bits per heavy atom. The van der Waals surface area contributed by atoms with Crippen LogP contribution in [-0.2, 0) is 4.74 Å². The van der Waals surface area contributed by atoms with Gasteiger partial charge in [-0.2, -0.15) is 0 Å². The van der Waals surface area contributed by atoms with Gasteiger partial charge in [0.2, 0.25) is 0 Å². The first-order valence-electron chi connectivity index (χ1n) is 13.3. The molecule has 222 valence electrons. The Balaban J connectivity index is 1.47. The summed E-state index contributed by atoms with van der Waals surface area (Å²) < 4.78 is 48.3. The molecular formula is C28H33F3N4O5S. The van der Waals surface area contributed by atoms with Crippen LogP contribution in [0.2, 0.25) is 0 Å². The zero-order chi connectivity index (χ0) is 29.5. The van der Waals surface area contributed by atoms with Crippen LogP contribution in [0.25, 0.3) is 11.3 Å². The van der Waals surface area contributed by atoms with E-state index in [1.54, 1.807) is 0 Å². The molecule has 5 rings (SSSR count). The Hall–Kier alpha value is -2.52. The molecule has 2 aromatic carbocycles. The summed E-state index contributed by atoms with van der Waals surface area (Å²) in [5, 5.41) is 51.9. The number of halogens is 3. The van der Waals surface area contributed by atoms with Gasteiger partial charge in [-0.15, -0.1) is 16.9 Å². The number of thioether (sulfide) groups is 1. The van der Waals surface area contributed by atoms with Crippen LogP contribution >= 0.6 is 11.8 Å². The van der Waals surface area contributed by atoms with Crippen molar-refractivity contribution in [1.82, 2.24) is 19.9 Å². The van der Waals surface area contributed by atoms with Crippen molar-refractivity contribution in [3.05, 3.63) is 71.2 Å². The second kappa shape index (κ2) is 12.0. The topological polar surface area (TPSA) is 124 Å². The van der Waals surface area contributed by atoms with E-state index in [2.05, 4.69) is 15.2 Å². The fourth-order valence-electron chi connectivity index (χ4n) is 5.52. The summed E-state index contributed by atoms with van der Waals surface area (Å²) in [5.74, 6) is -4.41. The number of nitrogens with zero attached hydrogens (tertiary/aromatic N) is 4. The molecule has 2 aliphatic heterocycles. The minimum absolute atomic E-state index is 0.0168. The van der Waals surface area contributed by atoms with Crippen molar-refractivity contribution >= 4 is 11.8 Å². The number of benzene rings is 2. The lowest BCUT2D eigenvalue weighted by Gasteiger charge is -2.46. The second-order valence-corrected chi connectivity index (χ2v) is 12.0. The first-order valence-corrected chi connectivity index (χ1v) is 14.3. The van der Waals surface area contributed by atoms with Crippen molar-refractivity contribution in [3.8, 4) is 11.3 Å². The number of aromatic nitrogens is 3. The maximum absolute atomic E-state index is 13.8. The van der Waals surface area contributed by atoms with Gasteiger partial charge in [-0.3, -0.25) is 0 Å². The summed E-state index contributed by atoms with van der Waals surface area (Å²) in [4.78, 5) is 2.13. The van der Waals surface area contributed by atoms with Crippen LogP contribution in [0.5, 0.6) is 0 Å². The molecule has 0 saturated carbocycles. The highest BCUT2D eigenvalue weighted by Gasteiger charge is 2.50. The highest BCUT2D eigenvalue weighted by Crippen LogP contribution is 2.49. The van der Waals surface area contributed by atoms with Gasteiger partial charge in [-0.25, -0.2) is 17.9 Å². The number of aliphatic hydroxyl groups is 4. The molecular weight excluding hydrogens is 561 g/mol. The van der Waals surface area contributed by atoms with Crippen LogP contribution in [-0.4, -0.2) is 96.4 Å². The number of aryl methyl sites for hydroxylation is 1. The van der Waals surface area contributed by atoms with Crippen LogP contribution in [0, 0.1) is 24.4 Å². The van der Waals surface area contributed by atoms with E-state index in [9.17, 15) is 33.6 Å². The third-order valence-electron chi connectivity index (χ3n) is 8.03. The van der Waals surface area contributed by atoms with Crippen LogP contribution in [0.1, 0.15) is 35.3 Å². The molecule has 0 spiro atoms. The van der Waals surface area contributed by atoms with Crippen LogP contribution in [0.4, 0.5) is 13.2 Å². The van der Waals surface area contributed by atoms with E-state index in [1.165, 1.54) is 18.0 Å². The van der Waals surface area contributed by atoms with Crippen molar-refractivity contribution in [2.45, 2.75) is 60.4 Å². The Morgan fingerprint density at radius 3 is 2.39 bits per heavy atom. The molecule has 2 aliphatic rings. The van der Waals surface area contributed by atoms with E-state index in [0.29, 0.717) is 25.9 Å². The Bertz CT molecular complexity index is 1350. The standard InChI is InChI=1S/C28H33F3N4O5S/c1-15-5-3-4-6-17(15)26(28(39)7-9-34(2)10-8-28)41-27-25(38)23(24(37)21(14-36)40-27)35-13-20(32-33-35)16-11-18(29)22(31)19(30)12-16/h3-6,11-13,21,23-27,36-39H,7-10,14H2,1-2H3/t21-,23+,24+,25-,26-,27+/m1/s1. The molecule has 0 unspecified atom stereocenters. The number of rotatable bonds is 7. The number of aliphatic hydroxyl groups excluding tert-OH is 3.